The Morgan fingerprint density at radius 2 is 1.51 bits per heavy atom. The number of imide groups is 1. The van der Waals surface area contributed by atoms with Crippen molar-refractivity contribution in [2.45, 2.75) is 23.8 Å². The van der Waals surface area contributed by atoms with Crippen LogP contribution >= 0.6 is 0 Å². The van der Waals surface area contributed by atoms with Gasteiger partial charge in [-0.05, 0) is 48.4 Å². The number of sulfonamides is 1. The highest BCUT2D eigenvalue weighted by molar-refractivity contribution is 7.92. The van der Waals surface area contributed by atoms with Crippen LogP contribution in [0, 0.1) is 0 Å². The molecule has 4 rings (SSSR count). The third-order valence-corrected chi connectivity index (χ3v) is 7.80. The second-order valence-electron chi connectivity index (χ2n) is 7.97. The van der Waals surface area contributed by atoms with Gasteiger partial charge in [-0.25, -0.2) is 13.2 Å². The lowest BCUT2D eigenvalue weighted by atomic mass is 9.87. The SMILES string of the molecule is CC[C@]1(c2ccccc2)NC(=O)N(NC(=O)c2ccc(S(=O)(=O)N(C)c3ccccc3)cc2)C1=O. The molecule has 2 N–H and O–H groups in total. The van der Waals surface area contributed by atoms with E-state index in [1.165, 1.54) is 31.3 Å². The number of carbonyl (C=O) groups excluding carboxylic acids is 3. The van der Waals surface area contributed by atoms with E-state index in [1.54, 1.807) is 67.6 Å². The number of urea groups is 1. The van der Waals surface area contributed by atoms with Gasteiger partial charge in [0.1, 0.15) is 5.54 Å². The van der Waals surface area contributed by atoms with Crippen molar-refractivity contribution in [3.63, 3.8) is 0 Å². The normalized spacial score (nSPS) is 17.7. The number of para-hydroxylation sites is 1. The van der Waals surface area contributed by atoms with Crippen molar-refractivity contribution in [1.82, 2.24) is 15.8 Å². The quantitative estimate of drug-likeness (QED) is 0.492. The first-order valence-corrected chi connectivity index (χ1v) is 12.3. The molecular weight excluding hydrogens is 468 g/mol. The van der Waals surface area contributed by atoms with Gasteiger partial charge in [0.15, 0.2) is 0 Å². The number of carbonyl (C=O) groups is 3. The van der Waals surface area contributed by atoms with Crippen molar-refractivity contribution in [3.05, 3.63) is 96.1 Å². The van der Waals surface area contributed by atoms with Crippen LogP contribution in [0.15, 0.2) is 89.8 Å². The number of hydrazine groups is 1. The van der Waals surface area contributed by atoms with Crippen LogP contribution in [0.5, 0.6) is 0 Å². The average molecular weight is 493 g/mol. The first-order valence-electron chi connectivity index (χ1n) is 10.9. The highest BCUT2D eigenvalue weighted by Gasteiger charge is 2.52. The minimum absolute atomic E-state index is 0.00975. The maximum absolute atomic E-state index is 13.2. The highest BCUT2D eigenvalue weighted by atomic mass is 32.2. The summed E-state index contributed by atoms with van der Waals surface area (Å²) >= 11 is 0. The Hall–Kier alpha value is -4.18. The van der Waals surface area contributed by atoms with Crippen molar-refractivity contribution in [2.75, 3.05) is 11.4 Å². The zero-order chi connectivity index (χ0) is 25.2. The number of nitrogens with zero attached hydrogens (tertiary/aromatic N) is 2. The average Bonchev–Trinajstić information content (AvgIpc) is 3.14. The molecule has 9 nitrogen and oxygen atoms in total. The number of benzene rings is 3. The van der Waals surface area contributed by atoms with E-state index in [9.17, 15) is 22.8 Å². The van der Waals surface area contributed by atoms with Gasteiger partial charge in [-0.1, -0.05) is 55.5 Å². The van der Waals surface area contributed by atoms with E-state index in [0.717, 1.165) is 4.31 Å². The molecule has 1 aliphatic heterocycles. The van der Waals surface area contributed by atoms with Crippen LogP contribution in [0.1, 0.15) is 29.3 Å². The second kappa shape index (κ2) is 9.22. The topological polar surface area (TPSA) is 116 Å². The molecule has 0 aliphatic carbocycles. The van der Waals surface area contributed by atoms with E-state index in [0.29, 0.717) is 16.3 Å². The lowest BCUT2D eigenvalue weighted by Gasteiger charge is -2.25. The van der Waals surface area contributed by atoms with E-state index in [-0.39, 0.29) is 16.9 Å². The largest absolute Gasteiger partial charge is 0.344 e. The molecular formula is C25H24N4O5S. The van der Waals surface area contributed by atoms with Gasteiger partial charge >= 0.3 is 6.03 Å². The molecule has 0 unspecified atom stereocenters. The fraction of sp³-hybridized carbons (Fsp3) is 0.160. The van der Waals surface area contributed by atoms with Crippen molar-refractivity contribution in [3.8, 4) is 0 Å². The fourth-order valence-electron chi connectivity index (χ4n) is 3.92. The molecule has 35 heavy (non-hydrogen) atoms. The summed E-state index contributed by atoms with van der Waals surface area (Å²) in [6.45, 7) is 1.77. The van der Waals surface area contributed by atoms with Crippen molar-refractivity contribution >= 4 is 33.6 Å². The predicted molar refractivity (Wildman–Crippen MR) is 130 cm³/mol. The summed E-state index contributed by atoms with van der Waals surface area (Å²) in [6, 6.07) is 21.9. The molecule has 1 saturated heterocycles. The van der Waals surface area contributed by atoms with Crippen molar-refractivity contribution in [2.24, 2.45) is 0 Å². The minimum Gasteiger partial charge on any atom is -0.318 e. The Morgan fingerprint density at radius 3 is 2.09 bits per heavy atom. The van der Waals surface area contributed by atoms with Gasteiger partial charge in [-0.2, -0.15) is 5.01 Å². The molecule has 1 heterocycles. The molecule has 3 aromatic carbocycles. The van der Waals surface area contributed by atoms with Crippen LogP contribution in [0.3, 0.4) is 0 Å². The van der Waals surface area contributed by atoms with E-state index < -0.39 is 33.4 Å². The third kappa shape index (κ3) is 4.24. The Balaban J connectivity index is 1.52. The molecule has 180 valence electrons. The highest BCUT2D eigenvalue weighted by Crippen LogP contribution is 2.31. The molecule has 0 aromatic heterocycles. The number of hydrogen-bond donors (Lipinski definition) is 2. The molecule has 0 bridgehead atoms. The molecule has 0 radical (unpaired) electrons. The standard InChI is InChI=1S/C25H24N4O5S/c1-3-25(19-10-6-4-7-11-19)23(31)29(24(32)26-25)27-22(30)18-14-16-21(17-15-18)35(33,34)28(2)20-12-8-5-9-13-20/h4-17H,3H2,1-2H3,(H,26,32)(H,27,30)/t25-/m1/s1. The van der Waals surface area contributed by atoms with Gasteiger partial charge in [0.2, 0.25) is 0 Å². The Bertz CT molecular complexity index is 1360. The smallest absolute Gasteiger partial charge is 0.318 e. The molecule has 1 fully saturated rings. The zero-order valence-electron chi connectivity index (χ0n) is 19.1. The summed E-state index contributed by atoms with van der Waals surface area (Å²) in [5.41, 5.74) is 2.23. The number of rotatable bonds is 7. The monoisotopic (exact) mass is 492 g/mol. The Labute approximate surface area is 203 Å². The summed E-state index contributed by atoms with van der Waals surface area (Å²) in [4.78, 5) is 38.6. The zero-order valence-corrected chi connectivity index (χ0v) is 20.0. The summed E-state index contributed by atoms with van der Waals surface area (Å²) in [5.74, 6) is -1.33. The number of nitrogens with one attached hydrogen (secondary N) is 2. The molecule has 3 aromatic rings. The molecule has 1 aliphatic rings. The van der Waals surface area contributed by atoms with E-state index in [2.05, 4.69) is 10.7 Å². The number of anilines is 1. The van der Waals surface area contributed by atoms with Gasteiger partial charge in [0, 0.05) is 12.6 Å². The first kappa shape index (κ1) is 24.0. The van der Waals surface area contributed by atoms with Gasteiger partial charge in [-0.3, -0.25) is 19.3 Å². The predicted octanol–water partition coefficient (Wildman–Crippen LogP) is 3.01. The van der Waals surface area contributed by atoms with Gasteiger partial charge in [0.05, 0.1) is 10.6 Å². The maximum atomic E-state index is 13.2. The minimum atomic E-state index is -3.85. The second-order valence-corrected chi connectivity index (χ2v) is 9.94. The Kier molecular flexibility index (Phi) is 6.31. The van der Waals surface area contributed by atoms with Crippen molar-refractivity contribution in [1.29, 1.82) is 0 Å². The van der Waals surface area contributed by atoms with Crippen LogP contribution < -0.4 is 15.0 Å². The van der Waals surface area contributed by atoms with Crippen LogP contribution in [-0.2, 0) is 20.4 Å². The molecule has 4 amide bonds. The molecule has 10 heteroatoms. The van der Waals surface area contributed by atoms with Gasteiger partial charge in [0.25, 0.3) is 21.8 Å². The summed E-state index contributed by atoms with van der Waals surface area (Å²) < 4.78 is 27.0. The summed E-state index contributed by atoms with van der Waals surface area (Å²) in [6.07, 6.45) is 0.287. The van der Waals surface area contributed by atoms with E-state index in [4.69, 9.17) is 0 Å². The molecule has 0 spiro atoms. The van der Waals surface area contributed by atoms with Gasteiger partial charge < -0.3 is 5.32 Å². The lowest BCUT2D eigenvalue weighted by Crippen LogP contribution is -2.48. The van der Waals surface area contributed by atoms with E-state index in [1.807, 2.05) is 0 Å². The third-order valence-electron chi connectivity index (χ3n) is 6.00. The summed E-state index contributed by atoms with van der Waals surface area (Å²) in [7, 11) is -2.41. The van der Waals surface area contributed by atoms with Crippen LogP contribution in [0.25, 0.3) is 0 Å². The number of hydrogen-bond acceptors (Lipinski definition) is 5. The fourth-order valence-corrected chi connectivity index (χ4v) is 5.11. The van der Waals surface area contributed by atoms with Crippen LogP contribution in [0.2, 0.25) is 0 Å². The summed E-state index contributed by atoms with van der Waals surface area (Å²) in [5, 5.41) is 3.34. The first-order chi connectivity index (χ1) is 16.7. The molecule has 0 saturated carbocycles. The number of amides is 4. The Morgan fingerprint density at radius 1 is 0.943 bits per heavy atom. The van der Waals surface area contributed by atoms with E-state index >= 15 is 0 Å². The van der Waals surface area contributed by atoms with Crippen molar-refractivity contribution < 1.29 is 22.8 Å². The van der Waals surface area contributed by atoms with Crippen LogP contribution in [0.4, 0.5) is 10.5 Å². The van der Waals surface area contributed by atoms with Crippen LogP contribution in [-0.4, -0.2) is 38.3 Å². The van der Waals surface area contributed by atoms with Gasteiger partial charge in [-0.15, -0.1) is 0 Å². The lowest BCUT2D eigenvalue weighted by molar-refractivity contribution is -0.133. The molecule has 1 atom stereocenters. The maximum Gasteiger partial charge on any atom is 0.344 e.